The molecule has 0 atom stereocenters. The largest absolute Gasteiger partial charge is 0.496 e. The molecule has 0 aliphatic carbocycles. The van der Waals surface area contributed by atoms with Crippen molar-refractivity contribution in [2.45, 2.75) is 39.3 Å². The first-order chi connectivity index (χ1) is 14.3. The molecule has 1 aromatic rings. The zero-order valence-electron chi connectivity index (χ0n) is 18.5. The molecule has 1 heterocycles. The van der Waals surface area contributed by atoms with Crippen molar-refractivity contribution in [2.24, 2.45) is 0 Å². The van der Waals surface area contributed by atoms with Gasteiger partial charge in [-0.3, -0.25) is 9.80 Å². The van der Waals surface area contributed by atoms with Gasteiger partial charge in [0.05, 0.1) is 21.3 Å². The van der Waals surface area contributed by atoms with Gasteiger partial charge in [0.25, 0.3) is 0 Å². The molecule has 0 aromatic heterocycles. The number of methoxy groups -OCH3 is 3. The predicted octanol–water partition coefficient (Wildman–Crippen LogP) is 2.17. The summed E-state index contributed by atoms with van der Waals surface area (Å²) in [5, 5.41) is 14.8. The summed E-state index contributed by atoms with van der Waals surface area (Å²) in [6.07, 6.45) is 2.47. The van der Waals surface area contributed by atoms with Gasteiger partial charge in [0.15, 0.2) is 11.5 Å². The fraction of sp³-hybridized carbons (Fsp3) is 0.619. The molecule has 0 amide bonds. The summed E-state index contributed by atoms with van der Waals surface area (Å²) in [4.78, 5) is 23.3. The van der Waals surface area contributed by atoms with Gasteiger partial charge in [0, 0.05) is 50.4 Å². The molecule has 2 N–H and O–H groups in total. The number of hydrogen-bond acceptors (Lipinski definition) is 7. The van der Waals surface area contributed by atoms with Gasteiger partial charge in [0.2, 0.25) is 0 Å². The lowest BCUT2D eigenvalue weighted by molar-refractivity contribution is -0.159. The molecule has 9 nitrogen and oxygen atoms in total. The Labute approximate surface area is 178 Å². The van der Waals surface area contributed by atoms with Crippen molar-refractivity contribution in [1.29, 1.82) is 0 Å². The van der Waals surface area contributed by atoms with Crippen LogP contribution < -0.4 is 14.2 Å². The summed E-state index contributed by atoms with van der Waals surface area (Å²) in [5.41, 5.74) is 1.14. The molecule has 0 spiro atoms. The maximum Gasteiger partial charge on any atom is 0.414 e. The van der Waals surface area contributed by atoms with E-state index in [1.54, 1.807) is 21.3 Å². The summed E-state index contributed by atoms with van der Waals surface area (Å²) in [6.45, 7) is 9.91. The quantitative estimate of drug-likeness (QED) is 0.605. The Morgan fingerprint density at radius 3 is 1.73 bits per heavy atom. The number of ether oxygens (including phenoxy) is 3. The van der Waals surface area contributed by atoms with Crippen LogP contribution in [0.2, 0.25) is 0 Å². The van der Waals surface area contributed by atoms with Crippen LogP contribution in [0.3, 0.4) is 0 Å². The van der Waals surface area contributed by atoms with Crippen molar-refractivity contribution in [1.82, 2.24) is 9.80 Å². The minimum Gasteiger partial charge on any atom is -0.496 e. The van der Waals surface area contributed by atoms with Gasteiger partial charge in [-0.25, -0.2) is 9.59 Å². The predicted molar refractivity (Wildman–Crippen MR) is 113 cm³/mol. The highest BCUT2D eigenvalue weighted by Crippen LogP contribution is 2.35. The van der Waals surface area contributed by atoms with Crippen LogP contribution in [0.15, 0.2) is 12.1 Å². The standard InChI is InChI=1S/C19H32N2O3.C2H2O4/c1-6-16(7-2)21-10-8-20(9-11-21)14-15-12-18(23-4)19(24-5)13-17(15)22-3;3-1(4)2(5)6/h12-13,16H,6-11,14H2,1-5H3;(H,3,4)(H,5,6). The van der Waals surface area contributed by atoms with E-state index in [9.17, 15) is 0 Å². The number of carbonyl (C=O) groups is 2. The van der Waals surface area contributed by atoms with Crippen molar-refractivity contribution < 1.29 is 34.0 Å². The monoisotopic (exact) mass is 426 g/mol. The second kappa shape index (κ2) is 12.9. The van der Waals surface area contributed by atoms with Gasteiger partial charge in [0.1, 0.15) is 5.75 Å². The Hall–Kier alpha value is -2.52. The zero-order chi connectivity index (χ0) is 22.7. The van der Waals surface area contributed by atoms with E-state index < -0.39 is 11.9 Å². The molecular formula is C21H34N2O7. The van der Waals surface area contributed by atoms with Gasteiger partial charge in [-0.15, -0.1) is 0 Å². The molecule has 1 aliphatic heterocycles. The van der Waals surface area contributed by atoms with Crippen LogP contribution in [-0.2, 0) is 16.1 Å². The molecular weight excluding hydrogens is 392 g/mol. The van der Waals surface area contributed by atoms with E-state index in [4.69, 9.17) is 34.0 Å². The molecule has 0 radical (unpaired) electrons. The molecule has 1 saturated heterocycles. The highest BCUT2D eigenvalue weighted by atomic mass is 16.5. The second-order valence-corrected chi connectivity index (χ2v) is 6.91. The molecule has 1 fully saturated rings. The van der Waals surface area contributed by atoms with Crippen LogP contribution >= 0.6 is 0 Å². The van der Waals surface area contributed by atoms with Gasteiger partial charge >= 0.3 is 11.9 Å². The molecule has 0 bridgehead atoms. The highest BCUT2D eigenvalue weighted by molar-refractivity contribution is 6.27. The van der Waals surface area contributed by atoms with Gasteiger partial charge in [-0.1, -0.05) is 13.8 Å². The first-order valence-electron chi connectivity index (χ1n) is 10.0. The van der Waals surface area contributed by atoms with Crippen LogP contribution in [0.25, 0.3) is 0 Å². The Morgan fingerprint density at radius 1 is 0.867 bits per heavy atom. The van der Waals surface area contributed by atoms with Crippen molar-refractivity contribution >= 4 is 11.9 Å². The SMILES string of the molecule is CCC(CC)N1CCN(Cc2cc(OC)c(OC)cc2OC)CC1.O=C(O)C(=O)O. The Kier molecular flexibility index (Phi) is 11.0. The van der Waals surface area contributed by atoms with Gasteiger partial charge in [-0.2, -0.15) is 0 Å². The Balaban J connectivity index is 0.000000656. The lowest BCUT2D eigenvalue weighted by atomic mass is 10.1. The average molecular weight is 427 g/mol. The van der Waals surface area contributed by atoms with E-state index in [0.29, 0.717) is 5.75 Å². The third-order valence-electron chi connectivity index (χ3n) is 5.23. The summed E-state index contributed by atoms with van der Waals surface area (Å²) < 4.78 is 16.3. The molecule has 30 heavy (non-hydrogen) atoms. The van der Waals surface area contributed by atoms with Crippen molar-refractivity contribution in [3.63, 3.8) is 0 Å². The van der Waals surface area contributed by atoms with E-state index in [1.807, 2.05) is 12.1 Å². The lowest BCUT2D eigenvalue weighted by Crippen LogP contribution is -2.49. The minimum atomic E-state index is -1.82. The topological polar surface area (TPSA) is 109 Å². The number of nitrogens with zero attached hydrogens (tertiary/aromatic N) is 2. The third kappa shape index (κ3) is 7.38. The number of carboxylic acids is 2. The minimum absolute atomic E-state index is 0.705. The zero-order valence-corrected chi connectivity index (χ0v) is 18.5. The lowest BCUT2D eigenvalue weighted by Gasteiger charge is -2.39. The third-order valence-corrected chi connectivity index (χ3v) is 5.23. The van der Waals surface area contributed by atoms with Crippen LogP contribution in [0, 0.1) is 0 Å². The number of piperazine rings is 1. The van der Waals surface area contributed by atoms with E-state index in [2.05, 4.69) is 23.6 Å². The molecule has 0 unspecified atom stereocenters. The van der Waals surface area contributed by atoms with Crippen molar-refractivity contribution in [2.75, 3.05) is 47.5 Å². The van der Waals surface area contributed by atoms with Crippen LogP contribution in [0.4, 0.5) is 0 Å². The molecule has 170 valence electrons. The number of aliphatic carboxylic acids is 2. The Morgan fingerprint density at radius 2 is 1.33 bits per heavy atom. The summed E-state index contributed by atoms with van der Waals surface area (Å²) in [7, 11) is 5.02. The number of hydrogen-bond donors (Lipinski definition) is 2. The number of carboxylic acid groups (broad SMARTS) is 2. The normalized spacial score (nSPS) is 14.6. The summed E-state index contributed by atoms with van der Waals surface area (Å²) in [5.74, 6) is -1.33. The first kappa shape index (κ1) is 25.5. The second-order valence-electron chi connectivity index (χ2n) is 6.91. The van der Waals surface area contributed by atoms with Crippen LogP contribution in [0.5, 0.6) is 17.2 Å². The van der Waals surface area contributed by atoms with Gasteiger partial charge in [-0.05, 0) is 18.9 Å². The highest BCUT2D eigenvalue weighted by Gasteiger charge is 2.23. The first-order valence-corrected chi connectivity index (χ1v) is 10.0. The van der Waals surface area contributed by atoms with E-state index in [0.717, 1.165) is 55.8 Å². The fourth-order valence-electron chi connectivity index (χ4n) is 3.55. The number of rotatable bonds is 8. The summed E-state index contributed by atoms with van der Waals surface area (Å²) in [6, 6.07) is 4.67. The number of benzene rings is 1. The maximum absolute atomic E-state index is 9.10. The molecule has 0 saturated carbocycles. The van der Waals surface area contributed by atoms with E-state index in [1.165, 1.54) is 12.8 Å². The Bertz CT molecular complexity index is 672. The van der Waals surface area contributed by atoms with Crippen molar-refractivity contribution in [3.8, 4) is 17.2 Å². The van der Waals surface area contributed by atoms with Gasteiger partial charge < -0.3 is 24.4 Å². The van der Waals surface area contributed by atoms with Crippen LogP contribution in [-0.4, -0.2) is 85.5 Å². The molecule has 2 rings (SSSR count). The summed E-state index contributed by atoms with van der Waals surface area (Å²) >= 11 is 0. The molecule has 1 aromatic carbocycles. The maximum atomic E-state index is 9.10. The van der Waals surface area contributed by atoms with E-state index in [-0.39, 0.29) is 0 Å². The smallest absolute Gasteiger partial charge is 0.414 e. The molecule has 1 aliphatic rings. The fourth-order valence-corrected chi connectivity index (χ4v) is 3.55. The average Bonchev–Trinajstić information content (AvgIpc) is 2.75. The molecule has 9 heteroatoms. The van der Waals surface area contributed by atoms with E-state index >= 15 is 0 Å². The van der Waals surface area contributed by atoms with Crippen LogP contribution in [0.1, 0.15) is 32.3 Å². The van der Waals surface area contributed by atoms with Crippen molar-refractivity contribution in [3.05, 3.63) is 17.7 Å².